The van der Waals surface area contributed by atoms with Crippen molar-refractivity contribution in [3.05, 3.63) is 23.2 Å². The molecule has 3 rings (SSSR count). The molecular formula is C19H29NO3. The molecule has 4 heteroatoms. The first-order valence-electron chi connectivity index (χ1n) is 15.7. The van der Waals surface area contributed by atoms with Crippen molar-refractivity contribution in [3.63, 3.8) is 0 Å². The van der Waals surface area contributed by atoms with E-state index in [4.69, 9.17) is 34.1 Å². The van der Waals surface area contributed by atoms with E-state index in [0.29, 0.717) is 6.92 Å². The molecule has 4 unspecified atom stereocenters. The molecule has 2 aliphatic rings. The van der Waals surface area contributed by atoms with Gasteiger partial charge in [-0.1, -0.05) is 13.8 Å². The van der Waals surface area contributed by atoms with Gasteiger partial charge in [0.05, 0.1) is 24.4 Å². The minimum Gasteiger partial charge on any atom is -0.493 e. The highest BCUT2D eigenvalue weighted by molar-refractivity contribution is 5.49. The minimum absolute atomic E-state index is 0.283. The number of aliphatic hydroxyl groups is 1. The first-order valence-corrected chi connectivity index (χ1v) is 6.73. The molecule has 1 saturated heterocycles. The Morgan fingerprint density at radius 1 is 1.57 bits per heavy atom. The molecule has 0 radical (unpaired) electrons. The van der Waals surface area contributed by atoms with Crippen LogP contribution in [-0.2, 0) is 6.37 Å². The molecule has 1 aromatic rings. The molecule has 2 aliphatic heterocycles. The predicted octanol–water partition coefficient (Wildman–Crippen LogP) is 3.03. The summed E-state index contributed by atoms with van der Waals surface area (Å²) in [5.41, 5.74) is -1.95. The number of rotatable bonds is 4. The monoisotopic (exact) mass is 337 g/mol. The van der Waals surface area contributed by atoms with Crippen molar-refractivity contribution in [2.24, 2.45) is 11.8 Å². The maximum Gasteiger partial charge on any atom is 0.161 e. The molecule has 128 valence electrons. The largest absolute Gasteiger partial charge is 0.493 e. The maximum atomic E-state index is 11.4. The van der Waals surface area contributed by atoms with E-state index in [1.165, 1.54) is 0 Å². The Morgan fingerprint density at radius 2 is 2.30 bits per heavy atom. The van der Waals surface area contributed by atoms with Crippen LogP contribution in [0.2, 0.25) is 0 Å². The van der Waals surface area contributed by atoms with Crippen molar-refractivity contribution in [1.82, 2.24) is 4.90 Å². The zero-order chi connectivity index (χ0) is 32.5. The van der Waals surface area contributed by atoms with Crippen LogP contribution < -0.4 is 9.47 Å². The molecule has 0 aliphatic carbocycles. The van der Waals surface area contributed by atoms with Crippen LogP contribution in [0.3, 0.4) is 0 Å². The third kappa shape index (κ3) is 3.20. The SMILES string of the molecule is [2H]c1c(OC)c(OC)c([2H])c2c1C1N(C([2H])([2H])C2([2H])[2H])C([2H])([2H])C([2H])(C([2H])([2H])C([2H])(C)C([2H])([2H])[2H])C([2H])(O)C1([2H])[2H]. The number of methoxy groups -OCH3 is 2. The number of hydrogen-bond donors (Lipinski definition) is 1. The highest BCUT2D eigenvalue weighted by atomic mass is 16.5. The van der Waals surface area contributed by atoms with E-state index in [0.717, 1.165) is 14.2 Å². The van der Waals surface area contributed by atoms with Gasteiger partial charge in [-0.3, -0.25) is 4.90 Å². The van der Waals surface area contributed by atoms with Gasteiger partial charge < -0.3 is 14.6 Å². The zero-order valence-electron chi connectivity index (χ0n) is 30.8. The lowest BCUT2D eigenvalue weighted by atomic mass is 9.79. The summed E-state index contributed by atoms with van der Waals surface area (Å²) in [6.07, 6.45) is -16.0. The first kappa shape index (κ1) is 5.37. The fourth-order valence-electron chi connectivity index (χ4n) is 2.26. The van der Waals surface area contributed by atoms with Crippen molar-refractivity contribution in [3.8, 4) is 11.5 Å². The molecule has 0 aromatic heterocycles. The highest BCUT2D eigenvalue weighted by Gasteiger charge is 2.38. The van der Waals surface area contributed by atoms with Crippen molar-refractivity contribution >= 4 is 0 Å². The topological polar surface area (TPSA) is 41.9 Å². The summed E-state index contributed by atoms with van der Waals surface area (Å²) in [6.45, 7) is -11.2. The van der Waals surface area contributed by atoms with E-state index >= 15 is 0 Å². The summed E-state index contributed by atoms with van der Waals surface area (Å²) < 4.78 is 163. The smallest absolute Gasteiger partial charge is 0.161 e. The zero-order valence-corrected chi connectivity index (χ0v) is 12.8. The number of hydrogen-bond acceptors (Lipinski definition) is 4. The summed E-state index contributed by atoms with van der Waals surface area (Å²) in [6, 6.07) is -4.55. The van der Waals surface area contributed by atoms with Crippen LogP contribution in [0, 0.1) is 11.8 Å². The average Bonchev–Trinajstić information content (AvgIpc) is 2.79. The maximum absolute atomic E-state index is 11.4. The molecule has 1 aromatic carbocycles. The van der Waals surface area contributed by atoms with Crippen LogP contribution in [0.1, 0.15) is 68.4 Å². The number of piperidine rings is 1. The van der Waals surface area contributed by atoms with Gasteiger partial charge in [-0.25, -0.2) is 0 Å². The highest BCUT2D eigenvalue weighted by Crippen LogP contribution is 2.43. The fraction of sp³-hybridized carbons (Fsp3) is 0.684. The van der Waals surface area contributed by atoms with Crippen molar-refractivity contribution in [2.45, 2.75) is 45.0 Å². The Kier molecular flexibility index (Phi) is 1.56. The molecule has 23 heavy (non-hydrogen) atoms. The second-order valence-corrected chi connectivity index (χ2v) is 4.84. The molecular weight excluding hydrogens is 290 g/mol. The van der Waals surface area contributed by atoms with Crippen LogP contribution in [0.15, 0.2) is 12.1 Å². The van der Waals surface area contributed by atoms with Crippen LogP contribution in [0.25, 0.3) is 0 Å². The Labute approximate surface area is 164 Å². The van der Waals surface area contributed by atoms with Gasteiger partial charge in [-0.05, 0) is 54.1 Å². The second-order valence-electron chi connectivity index (χ2n) is 4.84. The van der Waals surface area contributed by atoms with Gasteiger partial charge in [0.25, 0.3) is 0 Å². The third-order valence-electron chi connectivity index (χ3n) is 3.26. The number of nitrogens with zero attached hydrogens (tertiary/aromatic N) is 1. The summed E-state index contributed by atoms with van der Waals surface area (Å²) in [7, 11) is 2.04. The third-order valence-corrected chi connectivity index (χ3v) is 3.26. The first-order chi connectivity index (χ1) is 18.0. The Hall–Kier alpha value is -1.26. The quantitative estimate of drug-likeness (QED) is 0.917. The molecule has 0 saturated carbocycles. The minimum atomic E-state index is -4.37. The summed E-state index contributed by atoms with van der Waals surface area (Å²) in [5.74, 6) is -9.03. The average molecular weight is 338 g/mol. The normalized spacial score (nSPS) is 57.8. The molecule has 2 heterocycles. The Bertz CT molecular complexity index is 1260. The van der Waals surface area contributed by atoms with Crippen LogP contribution in [0.5, 0.6) is 11.5 Å². The fourth-order valence-corrected chi connectivity index (χ4v) is 2.26. The number of benzene rings is 1. The molecule has 0 spiro atoms. The van der Waals surface area contributed by atoms with E-state index in [2.05, 4.69) is 0 Å². The summed E-state index contributed by atoms with van der Waals surface area (Å²) in [5, 5.41) is 11.4. The van der Waals surface area contributed by atoms with Crippen molar-refractivity contribution in [1.29, 1.82) is 0 Å². The van der Waals surface area contributed by atoms with Gasteiger partial charge >= 0.3 is 0 Å². The van der Waals surface area contributed by atoms with E-state index in [1.54, 1.807) is 0 Å². The van der Waals surface area contributed by atoms with Gasteiger partial charge in [0.2, 0.25) is 0 Å². The molecule has 1 N–H and O–H groups in total. The number of fused-ring (bicyclic) bond motifs is 3. The van der Waals surface area contributed by atoms with Crippen LogP contribution >= 0.6 is 0 Å². The lowest BCUT2D eigenvalue weighted by molar-refractivity contribution is -0.0191. The van der Waals surface area contributed by atoms with E-state index < -0.39 is 97.6 Å². The molecule has 0 bridgehead atoms. The van der Waals surface area contributed by atoms with Crippen LogP contribution in [-0.4, -0.2) is 43.3 Å². The molecule has 4 atom stereocenters. The molecule has 1 fully saturated rings. The van der Waals surface area contributed by atoms with E-state index in [-0.39, 0.29) is 4.90 Å². The second kappa shape index (κ2) is 6.70. The summed E-state index contributed by atoms with van der Waals surface area (Å²) >= 11 is 0. The number of ether oxygens (including phenoxy) is 2. The predicted molar refractivity (Wildman–Crippen MR) is 91.1 cm³/mol. The Balaban J connectivity index is 2.64. The molecule has 0 amide bonds. The van der Waals surface area contributed by atoms with E-state index in [1.807, 2.05) is 0 Å². The van der Waals surface area contributed by atoms with Gasteiger partial charge in [0.1, 0.15) is 0 Å². The van der Waals surface area contributed by atoms with E-state index in [9.17, 15) is 5.11 Å². The van der Waals surface area contributed by atoms with Crippen molar-refractivity contribution in [2.75, 3.05) is 27.2 Å². The van der Waals surface area contributed by atoms with Gasteiger partial charge in [0.15, 0.2) is 11.5 Å². The van der Waals surface area contributed by atoms with Crippen LogP contribution in [0.4, 0.5) is 0 Å². The van der Waals surface area contributed by atoms with Gasteiger partial charge in [-0.15, -0.1) is 0 Å². The van der Waals surface area contributed by atoms with Crippen molar-refractivity contribution < 1.29 is 39.3 Å². The lowest BCUT2D eigenvalue weighted by Crippen LogP contribution is -2.48. The molecule has 4 nitrogen and oxygen atoms in total. The standard InChI is InChI=1S/C19H29NO3/c1-12(2)7-14-11-20-6-5-13-8-18(22-3)19(23-4)9-15(13)16(20)10-17(14)21/h8-9,12,14,16-17,21H,5-7,10-11H2,1-4H3/i1D3,5D2,6D2,7D2,8D,9D,10D2,11D2,12D,14D,17D. The van der Waals surface area contributed by atoms with Gasteiger partial charge in [0, 0.05) is 39.6 Å². The van der Waals surface area contributed by atoms with Gasteiger partial charge in [-0.2, -0.15) is 0 Å². The summed E-state index contributed by atoms with van der Waals surface area (Å²) in [4.78, 5) is -0.283. The Morgan fingerprint density at radius 3 is 3.00 bits per heavy atom. The lowest BCUT2D eigenvalue weighted by Gasteiger charge is -2.46.